The number of carbonyl (C=O) groups is 1. The molecule has 10 heteroatoms. The molecule has 0 aliphatic carbocycles. The summed E-state index contributed by atoms with van der Waals surface area (Å²) in [4.78, 5) is 11.4. The topological polar surface area (TPSA) is 104 Å². The number of halogens is 3. The fourth-order valence-corrected chi connectivity index (χ4v) is 3.06. The van der Waals surface area contributed by atoms with Gasteiger partial charge in [-0.2, -0.15) is 5.26 Å². The van der Waals surface area contributed by atoms with Crippen molar-refractivity contribution < 1.29 is 32.6 Å². The molecule has 7 nitrogen and oxygen atoms in total. The van der Waals surface area contributed by atoms with Crippen molar-refractivity contribution in [3.8, 4) is 28.7 Å². The van der Waals surface area contributed by atoms with Crippen molar-refractivity contribution in [2.75, 3.05) is 18.5 Å². The molecule has 1 amide bonds. The molecule has 2 aromatic rings. The highest BCUT2D eigenvalue weighted by atomic mass is 19.4. The first-order valence-corrected chi connectivity index (χ1v) is 8.68. The minimum Gasteiger partial charge on any atom is -0.492 e. The summed E-state index contributed by atoms with van der Waals surface area (Å²) >= 11 is 0. The predicted octanol–water partition coefficient (Wildman–Crippen LogP) is 3.53. The van der Waals surface area contributed by atoms with E-state index in [9.17, 15) is 23.2 Å². The quantitative estimate of drug-likeness (QED) is 0.376. The Morgan fingerprint density at radius 1 is 1.33 bits per heavy atom. The van der Waals surface area contributed by atoms with Gasteiger partial charge in [-0.25, -0.2) is 5.48 Å². The number of fused-ring (bicyclic) bond motifs is 1. The number of anilines is 1. The van der Waals surface area contributed by atoms with Crippen LogP contribution in [0.15, 0.2) is 42.5 Å². The Labute approximate surface area is 169 Å². The lowest BCUT2D eigenvalue weighted by atomic mass is 9.95. The molecule has 0 saturated carbocycles. The van der Waals surface area contributed by atoms with Crippen molar-refractivity contribution >= 4 is 11.6 Å². The maximum absolute atomic E-state index is 12.4. The van der Waals surface area contributed by atoms with Crippen LogP contribution in [0, 0.1) is 11.3 Å². The van der Waals surface area contributed by atoms with E-state index in [-0.39, 0.29) is 17.9 Å². The first-order chi connectivity index (χ1) is 14.2. The van der Waals surface area contributed by atoms with Crippen LogP contribution in [0.5, 0.6) is 11.5 Å². The van der Waals surface area contributed by atoms with Gasteiger partial charge in [-0.05, 0) is 23.8 Å². The van der Waals surface area contributed by atoms with Gasteiger partial charge in [0.1, 0.15) is 17.6 Å². The van der Waals surface area contributed by atoms with E-state index < -0.39 is 12.3 Å². The van der Waals surface area contributed by atoms with Crippen LogP contribution in [0.25, 0.3) is 11.1 Å². The second-order valence-corrected chi connectivity index (χ2v) is 6.33. The fraction of sp³-hybridized carbons (Fsp3) is 0.200. The zero-order valence-electron chi connectivity index (χ0n) is 15.5. The molecule has 3 rings (SSSR count). The number of nitrogens with one attached hydrogen (secondary N) is 2. The van der Waals surface area contributed by atoms with Crippen LogP contribution >= 0.6 is 0 Å². The van der Waals surface area contributed by atoms with E-state index in [4.69, 9.17) is 9.94 Å². The summed E-state index contributed by atoms with van der Waals surface area (Å²) < 4.78 is 46.7. The minimum atomic E-state index is -4.79. The molecule has 0 fully saturated rings. The van der Waals surface area contributed by atoms with Gasteiger partial charge in [0.2, 0.25) is 0 Å². The maximum atomic E-state index is 12.4. The standard InChI is InChI=1S/C20H16F3N3O4/c1-11(19(27)26-28)10-25-17-8-15(18-14(6-7-29-18)16(17)9-24)12-2-4-13(5-3-12)30-20(21,22)23/h2-5,8,25,28H,1,6-7,10H2,(H,26,27). The Morgan fingerprint density at radius 3 is 2.63 bits per heavy atom. The summed E-state index contributed by atoms with van der Waals surface area (Å²) in [6.45, 7) is 3.85. The summed E-state index contributed by atoms with van der Waals surface area (Å²) in [6.07, 6.45) is -4.31. The van der Waals surface area contributed by atoms with Crippen LogP contribution < -0.4 is 20.3 Å². The Morgan fingerprint density at radius 2 is 2.03 bits per heavy atom. The number of rotatable bonds is 6. The van der Waals surface area contributed by atoms with Crippen LogP contribution in [0.4, 0.5) is 18.9 Å². The molecule has 3 N–H and O–H groups in total. The van der Waals surface area contributed by atoms with Gasteiger partial charge in [-0.15, -0.1) is 13.2 Å². The highest BCUT2D eigenvalue weighted by Crippen LogP contribution is 2.42. The number of hydrogen-bond donors (Lipinski definition) is 3. The number of alkyl halides is 3. The molecule has 1 heterocycles. The van der Waals surface area contributed by atoms with Crippen LogP contribution in [-0.4, -0.2) is 30.6 Å². The average molecular weight is 419 g/mol. The molecule has 1 aliphatic rings. The van der Waals surface area contributed by atoms with Crippen molar-refractivity contribution in [3.63, 3.8) is 0 Å². The normalized spacial score (nSPS) is 12.4. The SMILES string of the molecule is C=C(CNc1cc(-c2ccc(OC(F)(F)F)cc2)c2c(c1C#N)CCO2)C(=O)NO. The number of carbonyl (C=O) groups excluding carboxylic acids is 1. The third-order valence-corrected chi connectivity index (χ3v) is 4.40. The van der Waals surface area contributed by atoms with Crippen LogP contribution in [-0.2, 0) is 11.2 Å². The van der Waals surface area contributed by atoms with E-state index in [0.717, 1.165) is 0 Å². The third-order valence-electron chi connectivity index (χ3n) is 4.40. The largest absolute Gasteiger partial charge is 0.573 e. The van der Waals surface area contributed by atoms with E-state index in [2.05, 4.69) is 22.7 Å². The Kier molecular flexibility index (Phi) is 5.84. The Bertz CT molecular complexity index is 1030. The number of ether oxygens (including phenoxy) is 2. The van der Waals surface area contributed by atoms with Crippen LogP contribution in [0.1, 0.15) is 11.1 Å². The van der Waals surface area contributed by atoms with Crippen LogP contribution in [0.3, 0.4) is 0 Å². The molecular weight excluding hydrogens is 403 g/mol. The van der Waals surface area contributed by atoms with Gasteiger partial charge in [-0.1, -0.05) is 18.7 Å². The first kappa shape index (κ1) is 21.0. The van der Waals surface area contributed by atoms with Crippen molar-refractivity contribution in [2.45, 2.75) is 12.8 Å². The maximum Gasteiger partial charge on any atom is 0.573 e. The lowest BCUT2D eigenvalue weighted by Crippen LogP contribution is -2.24. The molecule has 0 atom stereocenters. The van der Waals surface area contributed by atoms with E-state index in [1.165, 1.54) is 29.7 Å². The van der Waals surface area contributed by atoms with E-state index in [1.807, 2.05) is 0 Å². The van der Waals surface area contributed by atoms with Gasteiger partial charge in [0.15, 0.2) is 0 Å². The molecule has 0 radical (unpaired) electrons. The molecule has 1 aliphatic heterocycles. The number of benzene rings is 2. The molecule has 0 spiro atoms. The van der Waals surface area contributed by atoms with Gasteiger partial charge in [0.05, 0.1) is 17.9 Å². The molecule has 2 aromatic carbocycles. The second kappa shape index (κ2) is 8.34. The van der Waals surface area contributed by atoms with Crippen LogP contribution in [0.2, 0.25) is 0 Å². The molecule has 0 aromatic heterocycles. The molecule has 0 unspecified atom stereocenters. The van der Waals surface area contributed by atoms with Crippen molar-refractivity contribution in [2.24, 2.45) is 0 Å². The Balaban J connectivity index is 1.97. The first-order valence-electron chi connectivity index (χ1n) is 8.68. The number of hydrogen-bond acceptors (Lipinski definition) is 6. The zero-order valence-corrected chi connectivity index (χ0v) is 15.5. The highest BCUT2D eigenvalue weighted by molar-refractivity contribution is 5.93. The summed E-state index contributed by atoms with van der Waals surface area (Å²) in [5.41, 5.74) is 4.03. The predicted molar refractivity (Wildman–Crippen MR) is 100 cm³/mol. The summed E-state index contributed by atoms with van der Waals surface area (Å²) in [5, 5.41) is 21.2. The summed E-state index contributed by atoms with van der Waals surface area (Å²) in [5.74, 6) is -0.651. The number of hydroxylamine groups is 1. The van der Waals surface area contributed by atoms with Gasteiger partial charge in [-0.3, -0.25) is 10.0 Å². The smallest absolute Gasteiger partial charge is 0.492 e. The molecular formula is C20H16F3N3O4. The van der Waals surface area contributed by atoms with Gasteiger partial charge in [0, 0.05) is 29.7 Å². The van der Waals surface area contributed by atoms with Gasteiger partial charge in [0.25, 0.3) is 5.91 Å². The molecule has 0 bridgehead atoms. The second-order valence-electron chi connectivity index (χ2n) is 6.33. The zero-order chi connectivity index (χ0) is 21.9. The van der Waals surface area contributed by atoms with E-state index in [0.29, 0.717) is 46.7 Å². The molecule has 0 saturated heterocycles. The summed E-state index contributed by atoms with van der Waals surface area (Å²) in [7, 11) is 0. The third kappa shape index (κ3) is 4.47. The van der Waals surface area contributed by atoms with Crippen molar-refractivity contribution in [1.82, 2.24) is 5.48 Å². The molecule has 156 valence electrons. The lowest BCUT2D eigenvalue weighted by molar-refractivity contribution is -0.274. The number of amides is 1. The monoisotopic (exact) mass is 419 g/mol. The molecule has 30 heavy (non-hydrogen) atoms. The summed E-state index contributed by atoms with van der Waals surface area (Å²) in [6, 6.07) is 9.00. The number of nitrogens with zero attached hydrogens (tertiary/aromatic N) is 1. The highest BCUT2D eigenvalue weighted by Gasteiger charge is 2.31. The fourth-order valence-electron chi connectivity index (χ4n) is 3.06. The van der Waals surface area contributed by atoms with Gasteiger partial charge >= 0.3 is 6.36 Å². The van der Waals surface area contributed by atoms with Crippen molar-refractivity contribution in [1.29, 1.82) is 5.26 Å². The van der Waals surface area contributed by atoms with Crippen molar-refractivity contribution in [3.05, 3.63) is 53.6 Å². The number of nitriles is 1. The average Bonchev–Trinajstić information content (AvgIpc) is 3.19. The van der Waals surface area contributed by atoms with E-state index in [1.54, 1.807) is 6.07 Å². The lowest BCUT2D eigenvalue weighted by Gasteiger charge is -2.16. The minimum absolute atomic E-state index is 0.0355. The Hall–Kier alpha value is -3.71. The van der Waals surface area contributed by atoms with Gasteiger partial charge < -0.3 is 14.8 Å². The van der Waals surface area contributed by atoms with E-state index >= 15 is 0 Å².